The van der Waals surface area contributed by atoms with Gasteiger partial charge in [0.1, 0.15) is 6.54 Å². The maximum Gasteiger partial charge on any atom is 0.258 e. The summed E-state index contributed by atoms with van der Waals surface area (Å²) in [5.41, 5.74) is 0.950. The van der Waals surface area contributed by atoms with E-state index in [1.807, 2.05) is 24.3 Å². The van der Waals surface area contributed by atoms with Gasteiger partial charge in [0.2, 0.25) is 5.91 Å². The highest BCUT2D eigenvalue weighted by molar-refractivity contribution is 5.93. The normalized spacial score (nSPS) is 11.0. The molecule has 7 heteroatoms. The Labute approximate surface area is 144 Å². The van der Waals surface area contributed by atoms with Crippen molar-refractivity contribution in [2.75, 3.05) is 6.54 Å². The molecule has 1 N–H and O–H groups in total. The maximum atomic E-state index is 12.6. The van der Waals surface area contributed by atoms with Crippen LogP contribution in [0.25, 0.3) is 22.4 Å². The van der Waals surface area contributed by atoms with Gasteiger partial charge in [-0.2, -0.15) is 4.98 Å². The monoisotopic (exact) mass is 340 g/mol. The van der Waals surface area contributed by atoms with Crippen LogP contribution >= 0.6 is 0 Å². The van der Waals surface area contributed by atoms with Crippen molar-refractivity contribution < 1.29 is 9.32 Å². The molecule has 0 saturated heterocycles. The number of carbonyl (C=O) groups excluding carboxylic acids is 1. The molecular formula is C18H20N4O3. The van der Waals surface area contributed by atoms with Crippen LogP contribution in [-0.2, 0) is 11.3 Å². The first-order valence-electron chi connectivity index (χ1n) is 8.30. The van der Waals surface area contributed by atoms with E-state index in [1.54, 1.807) is 6.92 Å². The fourth-order valence-corrected chi connectivity index (χ4v) is 2.69. The molecule has 0 aliphatic rings. The van der Waals surface area contributed by atoms with E-state index in [0.717, 1.165) is 18.2 Å². The average molecular weight is 340 g/mol. The van der Waals surface area contributed by atoms with Crippen molar-refractivity contribution in [3.05, 3.63) is 46.5 Å². The van der Waals surface area contributed by atoms with Gasteiger partial charge in [-0.05, 0) is 19.4 Å². The molecule has 25 heavy (non-hydrogen) atoms. The summed E-state index contributed by atoms with van der Waals surface area (Å²) in [6.45, 7) is 4.37. The van der Waals surface area contributed by atoms with Gasteiger partial charge in [0.05, 0.1) is 11.1 Å². The van der Waals surface area contributed by atoms with Crippen LogP contribution in [0.1, 0.15) is 25.6 Å². The van der Waals surface area contributed by atoms with E-state index in [2.05, 4.69) is 22.4 Å². The second kappa shape index (κ2) is 7.29. The predicted octanol–water partition coefficient (Wildman–Crippen LogP) is 2.28. The topological polar surface area (TPSA) is 90.0 Å². The number of pyridine rings is 1. The number of fused-ring (bicyclic) bond motifs is 1. The number of amides is 1. The Kier molecular flexibility index (Phi) is 4.92. The highest BCUT2D eigenvalue weighted by atomic mass is 16.5. The number of nitrogens with one attached hydrogen (secondary N) is 1. The summed E-state index contributed by atoms with van der Waals surface area (Å²) in [6, 6.07) is 8.81. The minimum Gasteiger partial charge on any atom is -0.355 e. The van der Waals surface area contributed by atoms with E-state index in [-0.39, 0.29) is 18.0 Å². The molecule has 0 aliphatic heterocycles. The number of rotatable bonds is 6. The first-order valence-corrected chi connectivity index (χ1v) is 8.30. The number of hydrogen-bond acceptors (Lipinski definition) is 5. The van der Waals surface area contributed by atoms with Crippen molar-refractivity contribution in [1.82, 2.24) is 20.0 Å². The van der Waals surface area contributed by atoms with Crippen LogP contribution in [0, 0.1) is 6.92 Å². The standard InChI is InChI=1S/C18H20N4O3/c1-3-4-9-19-16(23)11-22-15-8-6-5-7-13(15)14(10-17(22)24)18-20-12(2)21-25-18/h5-8,10H,3-4,9,11H2,1-2H3,(H,19,23). The molecule has 7 nitrogen and oxygen atoms in total. The molecule has 0 radical (unpaired) electrons. The highest BCUT2D eigenvalue weighted by Crippen LogP contribution is 2.25. The van der Waals surface area contributed by atoms with Gasteiger partial charge in [-0.3, -0.25) is 14.2 Å². The number of aromatic nitrogens is 3. The van der Waals surface area contributed by atoms with Crippen LogP contribution in [-0.4, -0.2) is 27.2 Å². The lowest BCUT2D eigenvalue weighted by atomic mass is 10.1. The summed E-state index contributed by atoms with van der Waals surface area (Å²) < 4.78 is 6.67. The second-order valence-electron chi connectivity index (χ2n) is 5.85. The molecule has 2 aromatic heterocycles. The van der Waals surface area contributed by atoms with Gasteiger partial charge in [0.25, 0.3) is 11.4 Å². The third kappa shape index (κ3) is 3.60. The van der Waals surface area contributed by atoms with Crippen molar-refractivity contribution in [2.45, 2.75) is 33.2 Å². The second-order valence-corrected chi connectivity index (χ2v) is 5.85. The van der Waals surface area contributed by atoms with Crippen molar-refractivity contribution in [1.29, 1.82) is 0 Å². The largest absolute Gasteiger partial charge is 0.355 e. The van der Waals surface area contributed by atoms with Crippen molar-refractivity contribution in [3.8, 4) is 11.5 Å². The number of benzene rings is 1. The molecule has 0 atom stereocenters. The molecule has 2 heterocycles. The first-order chi connectivity index (χ1) is 12.1. The van der Waals surface area contributed by atoms with Gasteiger partial charge in [0, 0.05) is 18.0 Å². The van der Waals surface area contributed by atoms with E-state index in [4.69, 9.17) is 4.52 Å². The Bertz CT molecular complexity index is 958. The summed E-state index contributed by atoms with van der Waals surface area (Å²) in [6.07, 6.45) is 1.91. The zero-order valence-electron chi connectivity index (χ0n) is 14.3. The molecule has 0 saturated carbocycles. The van der Waals surface area contributed by atoms with Crippen LogP contribution in [0.2, 0.25) is 0 Å². The number of unbranched alkanes of at least 4 members (excludes halogenated alkanes) is 1. The van der Waals surface area contributed by atoms with Gasteiger partial charge in [-0.25, -0.2) is 0 Å². The van der Waals surface area contributed by atoms with E-state index >= 15 is 0 Å². The minimum absolute atomic E-state index is 0.0216. The number of para-hydroxylation sites is 1. The summed E-state index contributed by atoms with van der Waals surface area (Å²) in [7, 11) is 0. The number of aryl methyl sites for hydroxylation is 1. The molecule has 0 spiro atoms. The van der Waals surface area contributed by atoms with Gasteiger partial charge in [-0.15, -0.1) is 0 Å². The molecule has 1 aromatic carbocycles. The van der Waals surface area contributed by atoms with Crippen LogP contribution in [0.15, 0.2) is 39.6 Å². The first kappa shape index (κ1) is 16.9. The number of nitrogens with zero attached hydrogens (tertiary/aromatic N) is 3. The Hall–Kier alpha value is -2.96. The van der Waals surface area contributed by atoms with Crippen LogP contribution in [0.5, 0.6) is 0 Å². The van der Waals surface area contributed by atoms with Crippen LogP contribution in [0.4, 0.5) is 0 Å². The van der Waals surface area contributed by atoms with E-state index in [0.29, 0.717) is 29.3 Å². The summed E-state index contributed by atoms with van der Waals surface area (Å²) in [5.74, 6) is 0.617. The Morgan fingerprint density at radius 1 is 1.32 bits per heavy atom. The van der Waals surface area contributed by atoms with Gasteiger partial charge in [0.15, 0.2) is 5.82 Å². The SMILES string of the molecule is CCCCNC(=O)Cn1c(=O)cc(-c2nc(C)no2)c2ccccc21. The van der Waals surface area contributed by atoms with E-state index < -0.39 is 0 Å². The zero-order chi connectivity index (χ0) is 17.8. The maximum absolute atomic E-state index is 12.6. The molecule has 3 aromatic rings. The molecule has 0 aliphatic carbocycles. The zero-order valence-corrected chi connectivity index (χ0v) is 14.3. The summed E-state index contributed by atoms with van der Waals surface area (Å²) in [4.78, 5) is 28.9. The summed E-state index contributed by atoms with van der Waals surface area (Å²) in [5, 5.41) is 7.40. The Morgan fingerprint density at radius 3 is 2.84 bits per heavy atom. The molecular weight excluding hydrogens is 320 g/mol. The highest BCUT2D eigenvalue weighted by Gasteiger charge is 2.16. The van der Waals surface area contributed by atoms with Crippen LogP contribution in [0.3, 0.4) is 0 Å². The summed E-state index contributed by atoms with van der Waals surface area (Å²) >= 11 is 0. The third-order valence-electron chi connectivity index (χ3n) is 3.93. The predicted molar refractivity (Wildman–Crippen MR) is 94.2 cm³/mol. The lowest BCUT2D eigenvalue weighted by molar-refractivity contribution is -0.121. The average Bonchev–Trinajstić information content (AvgIpc) is 3.03. The smallest absolute Gasteiger partial charge is 0.258 e. The van der Waals surface area contributed by atoms with Crippen molar-refractivity contribution in [2.24, 2.45) is 0 Å². The molecule has 0 bridgehead atoms. The molecule has 0 unspecified atom stereocenters. The third-order valence-corrected chi connectivity index (χ3v) is 3.93. The lowest BCUT2D eigenvalue weighted by Gasteiger charge is -2.12. The number of carbonyl (C=O) groups is 1. The lowest BCUT2D eigenvalue weighted by Crippen LogP contribution is -2.32. The van der Waals surface area contributed by atoms with Gasteiger partial charge in [-0.1, -0.05) is 36.7 Å². The minimum atomic E-state index is -0.282. The van der Waals surface area contributed by atoms with Crippen LogP contribution < -0.4 is 10.9 Å². The molecule has 0 fully saturated rings. The Balaban J connectivity index is 2.02. The quantitative estimate of drug-likeness (QED) is 0.695. The fraction of sp³-hybridized carbons (Fsp3) is 0.333. The Morgan fingerprint density at radius 2 is 2.12 bits per heavy atom. The van der Waals surface area contributed by atoms with E-state index in [1.165, 1.54) is 10.6 Å². The van der Waals surface area contributed by atoms with Gasteiger partial charge >= 0.3 is 0 Å². The fourth-order valence-electron chi connectivity index (χ4n) is 2.69. The van der Waals surface area contributed by atoms with Crippen molar-refractivity contribution >= 4 is 16.8 Å². The van der Waals surface area contributed by atoms with Gasteiger partial charge < -0.3 is 9.84 Å². The molecule has 1 amide bonds. The molecule has 130 valence electrons. The number of hydrogen-bond donors (Lipinski definition) is 1. The van der Waals surface area contributed by atoms with E-state index in [9.17, 15) is 9.59 Å². The molecule has 3 rings (SSSR count). The van der Waals surface area contributed by atoms with Crippen molar-refractivity contribution in [3.63, 3.8) is 0 Å².